The fourth-order valence-corrected chi connectivity index (χ4v) is 1.01. The van der Waals surface area contributed by atoms with Crippen molar-refractivity contribution < 1.29 is 17.9 Å². The third-order valence-corrected chi connectivity index (χ3v) is 1.63. The van der Waals surface area contributed by atoms with Crippen molar-refractivity contribution in [2.24, 2.45) is 5.73 Å². The van der Waals surface area contributed by atoms with Crippen LogP contribution < -0.4 is 5.73 Å². The summed E-state index contributed by atoms with van der Waals surface area (Å²) in [6.45, 7) is -0.169. The van der Waals surface area contributed by atoms with Gasteiger partial charge in [0.05, 0.1) is 6.61 Å². The monoisotopic (exact) mass is 205 g/mol. The lowest BCUT2D eigenvalue weighted by Crippen LogP contribution is -2.13. The number of rotatable bonds is 3. The Morgan fingerprint density at radius 3 is 2.43 bits per heavy atom. The van der Waals surface area contributed by atoms with Gasteiger partial charge in [-0.15, -0.1) is 13.2 Å². The molecule has 0 fully saturated rings. The van der Waals surface area contributed by atoms with Gasteiger partial charge in [-0.1, -0.05) is 24.3 Å². The van der Waals surface area contributed by atoms with Crippen molar-refractivity contribution in [1.29, 1.82) is 0 Å². The van der Waals surface area contributed by atoms with E-state index in [1.807, 2.05) is 0 Å². The van der Waals surface area contributed by atoms with E-state index in [0.29, 0.717) is 12.1 Å². The van der Waals surface area contributed by atoms with Gasteiger partial charge in [0, 0.05) is 6.54 Å². The highest BCUT2D eigenvalue weighted by molar-refractivity contribution is 5.22. The quantitative estimate of drug-likeness (QED) is 0.820. The van der Waals surface area contributed by atoms with E-state index >= 15 is 0 Å². The maximum atomic E-state index is 11.7. The van der Waals surface area contributed by atoms with Crippen LogP contribution in [0, 0.1) is 0 Å². The van der Waals surface area contributed by atoms with Crippen LogP contribution in [0.5, 0.6) is 0 Å². The van der Waals surface area contributed by atoms with Gasteiger partial charge in [0.1, 0.15) is 0 Å². The van der Waals surface area contributed by atoms with E-state index < -0.39 is 13.0 Å². The van der Waals surface area contributed by atoms with E-state index in [1.165, 1.54) is 0 Å². The summed E-state index contributed by atoms with van der Waals surface area (Å²) in [4.78, 5) is 0. The van der Waals surface area contributed by atoms with Crippen LogP contribution in [0.2, 0.25) is 0 Å². The molecule has 5 heteroatoms. The van der Waals surface area contributed by atoms with Gasteiger partial charge < -0.3 is 5.73 Å². The topological polar surface area (TPSA) is 35.2 Å². The Labute approximate surface area is 79.5 Å². The molecule has 0 aliphatic heterocycles. The first kappa shape index (κ1) is 11.0. The Hall–Kier alpha value is -1.07. The molecule has 14 heavy (non-hydrogen) atoms. The first-order valence-corrected chi connectivity index (χ1v) is 4.00. The molecule has 2 N–H and O–H groups in total. The SMILES string of the molecule is NCc1cccc(COC(F)(F)F)c1. The zero-order valence-electron chi connectivity index (χ0n) is 7.34. The van der Waals surface area contributed by atoms with Crippen LogP contribution >= 0.6 is 0 Å². The summed E-state index contributed by atoms with van der Waals surface area (Å²) in [5.41, 5.74) is 6.59. The molecular formula is C9H10F3NO. The van der Waals surface area contributed by atoms with Crippen LogP contribution in [0.1, 0.15) is 11.1 Å². The highest BCUT2D eigenvalue weighted by Crippen LogP contribution is 2.18. The van der Waals surface area contributed by atoms with Gasteiger partial charge in [0.15, 0.2) is 0 Å². The first-order valence-electron chi connectivity index (χ1n) is 4.00. The summed E-state index contributed by atoms with van der Waals surface area (Å²) in [5, 5.41) is 0. The summed E-state index contributed by atoms with van der Waals surface area (Å²) >= 11 is 0. The fourth-order valence-electron chi connectivity index (χ4n) is 1.01. The third kappa shape index (κ3) is 3.76. The maximum Gasteiger partial charge on any atom is 0.522 e. The van der Waals surface area contributed by atoms with E-state index in [-0.39, 0.29) is 0 Å². The molecule has 0 aliphatic carbocycles. The molecule has 0 saturated carbocycles. The Morgan fingerprint density at radius 2 is 1.86 bits per heavy atom. The Morgan fingerprint density at radius 1 is 1.21 bits per heavy atom. The van der Waals surface area contributed by atoms with Crippen molar-refractivity contribution in [3.63, 3.8) is 0 Å². The van der Waals surface area contributed by atoms with Crippen LogP contribution in [0.25, 0.3) is 0 Å². The van der Waals surface area contributed by atoms with Gasteiger partial charge in [0.2, 0.25) is 0 Å². The molecule has 1 aromatic carbocycles. The predicted molar refractivity (Wildman–Crippen MR) is 45.2 cm³/mol. The second-order valence-corrected chi connectivity index (χ2v) is 2.76. The van der Waals surface area contributed by atoms with Gasteiger partial charge in [-0.2, -0.15) is 0 Å². The number of benzene rings is 1. The standard InChI is InChI=1S/C9H10F3NO/c10-9(11,12)14-6-8-3-1-2-7(4-8)5-13/h1-4H,5-6,13H2. The van der Waals surface area contributed by atoms with Crippen molar-refractivity contribution in [3.05, 3.63) is 35.4 Å². The molecule has 0 spiro atoms. The zero-order valence-corrected chi connectivity index (χ0v) is 7.34. The molecule has 0 heterocycles. The molecule has 0 bridgehead atoms. The number of alkyl halides is 3. The molecule has 2 nitrogen and oxygen atoms in total. The van der Waals surface area contributed by atoms with Crippen molar-refractivity contribution in [2.75, 3.05) is 0 Å². The summed E-state index contributed by atoms with van der Waals surface area (Å²) in [6, 6.07) is 6.55. The first-order chi connectivity index (χ1) is 6.51. The lowest BCUT2D eigenvalue weighted by Gasteiger charge is -2.07. The van der Waals surface area contributed by atoms with E-state index in [4.69, 9.17) is 5.73 Å². The van der Waals surface area contributed by atoms with Crippen LogP contribution in [-0.4, -0.2) is 6.36 Å². The maximum absolute atomic E-state index is 11.7. The minimum atomic E-state index is -4.58. The van der Waals surface area contributed by atoms with E-state index in [9.17, 15) is 13.2 Å². The van der Waals surface area contributed by atoms with Gasteiger partial charge in [-0.05, 0) is 11.1 Å². The van der Waals surface area contributed by atoms with E-state index in [1.54, 1.807) is 24.3 Å². The predicted octanol–water partition coefficient (Wildman–Crippen LogP) is 2.18. The number of hydrogen-bond donors (Lipinski definition) is 1. The normalized spacial score (nSPS) is 11.7. The smallest absolute Gasteiger partial charge is 0.326 e. The second-order valence-electron chi connectivity index (χ2n) is 2.76. The van der Waals surface area contributed by atoms with Gasteiger partial charge >= 0.3 is 6.36 Å². The van der Waals surface area contributed by atoms with Crippen molar-refractivity contribution in [3.8, 4) is 0 Å². The Balaban J connectivity index is 2.59. The molecule has 0 aromatic heterocycles. The highest BCUT2D eigenvalue weighted by Gasteiger charge is 2.28. The molecular weight excluding hydrogens is 195 g/mol. The van der Waals surface area contributed by atoms with E-state index in [0.717, 1.165) is 5.56 Å². The lowest BCUT2D eigenvalue weighted by molar-refractivity contribution is -0.330. The van der Waals surface area contributed by atoms with Gasteiger partial charge in [-0.25, -0.2) is 0 Å². The summed E-state index contributed by atoms with van der Waals surface area (Å²) in [6.07, 6.45) is -4.58. The highest BCUT2D eigenvalue weighted by atomic mass is 19.4. The average Bonchev–Trinajstić information content (AvgIpc) is 2.14. The summed E-state index contributed by atoms with van der Waals surface area (Å²) < 4.78 is 38.7. The molecule has 0 aliphatic rings. The molecule has 0 radical (unpaired) electrons. The number of nitrogens with two attached hydrogens (primary N) is 1. The largest absolute Gasteiger partial charge is 0.522 e. The summed E-state index contributed by atoms with van der Waals surface area (Å²) in [5.74, 6) is 0. The molecule has 0 atom stereocenters. The van der Waals surface area contributed by atoms with Crippen molar-refractivity contribution >= 4 is 0 Å². The molecule has 0 amide bonds. The Kier molecular flexibility index (Phi) is 3.49. The zero-order chi connectivity index (χ0) is 10.6. The van der Waals surface area contributed by atoms with Gasteiger partial charge in [-0.3, -0.25) is 4.74 Å². The average molecular weight is 205 g/mol. The minimum Gasteiger partial charge on any atom is -0.326 e. The molecule has 1 rings (SSSR count). The summed E-state index contributed by atoms with van der Waals surface area (Å²) in [7, 11) is 0. The minimum absolute atomic E-state index is 0.305. The van der Waals surface area contributed by atoms with Crippen LogP contribution in [0.4, 0.5) is 13.2 Å². The number of hydrogen-bond acceptors (Lipinski definition) is 2. The van der Waals surface area contributed by atoms with Crippen molar-refractivity contribution in [1.82, 2.24) is 0 Å². The number of halogens is 3. The third-order valence-electron chi connectivity index (χ3n) is 1.63. The van der Waals surface area contributed by atoms with Crippen LogP contribution in [0.15, 0.2) is 24.3 Å². The second kappa shape index (κ2) is 4.43. The fraction of sp³-hybridized carbons (Fsp3) is 0.333. The van der Waals surface area contributed by atoms with Crippen molar-refractivity contribution in [2.45, 2.75) is 19.5 Å². The Bertz CT molecular complexity index is 298. The molecule has 1 aromatic rings. The van der Waals surface area contributed by atoms with Crippen LogP contribution in [-0.2, 0) is 17.9 Å². The van der Waals surface area contributed by atoms with Gasteiger partial charge in [0.25, 0.3) is 0 Å². The molecule has 78 valence electrons. The lowest BCUT2D eigenvalue weighted by atomic mass is 10.1. The molecule has 0 unspecified atom stereocenters. The molecule has 0 saturated heterocycles. The van der Waals surface area contributed by atoms with E-state index in [2.05, 4.69) is 4.74 Å². The number of ether oxygens (including phenoxy) is 1. The van der Waals surface area contributed by atoms with Crippen LogP contribution in [0.3, 0.4) is 0 Å².